The molecule has 0 fully saturated rings. The van der Waals surface area contributed by atoms with Crippen molar-refractivity contribution in [1.29, 1.82) is 0 Å². The van der Waals surface area contributed by atoms with Gasteiger partial charge >= 0.3 is 0 Å². The minimum Gasteiger partial charge on any atom is -0.382 e. The molecule has 0 aliphatic carbocycles. The summed E-state index contributed by atoms with van der Waals surface area (Å²) in [5, 5.41) is 11.0. The van der Waals surface area contributed by atoms with Crippen molar-refractivity contribution in [2.45, 2.75) is 26.4 Å². The van der Waals surface area contributed by atoms with Crippen LogP contribution >= 0.6 is 0 Å². The second-order valence-corrected chi connectivity index (χ2v) is 4.09. The maximum absolute atomic E-state index is 5.33. The fraction of sp³-hybridized carbons (Fsp3) is 0.583. The number of nitrogens with one attached hydrogen (secondary N) is 1. The molecule has 0 aliphatic rings. The lowest BCUT2D eigenvalue weighted by Gasteiger charge is -2.09. The first-order chi connectivity index (χ1) is 9.40. The number of hydrogen-bond donors (Lipinski definition) is 1. The lowest BCUT2D eigenvalue weighted by atomic mass is 10.4. The zero-order valence-corrected chi connectivity index (χ0v) is 11.2. The highest BCUT2D eigenvalue weighted by Gasteiger charge is 2.01. The Hall–Kier alpha value is -1.89. The van der Waals surface area contributed by atoms with Crippen molar-refractivity contribution in [2.75, 3.05) is 25.1 Å². The zero-order valence-electron chi connectivity index (χ0n) is 11.2. The molecule has 0 unspecified atom stereocenters. The first-order valence-corrected chi connectivity index (χ1v) is 6.57. The Morgan fingerprint density at radius 2 is 2.21 bits per heavy atom. The molecule has 0 bridgehead atoms. The third-order valence-corrected chi connectivity index (χ3v) is 2.70. The summed E-state index contributed by atoms with van der Waals surface area (Å²) in [5.74, 6) is 0.886. The van der Waals surface area contributed by atoms with E-state index in [0.29, 0.717) is 0 Å². The minimum atomic E-state index is 0.770. The van der Waals surface area contributed by atoms with Crippen molar-refractivity contribution < 1.29 is 4.74 Å². The Labute approximate surface area is 112 Å². The van der Waals surface area contributed by atoms with Crippen LogP contribution in [0.3, 0.4) is 0 Å². The standard InChI is InChI=1S/C12H20N6O/c1-2-19-11-3-7-17-8-4-13-12(17)14-5-9-18-10-6-15-16-18/h4,6,8,10H,2-3,5,7,9,11H2,1H3,(H,13,14). The van der Waals surface area contributed by atoms with Crippen molar-refractivity contribution in [1.82, 2.24) is 24.5 Å². The average Bonchev–Trinajstić information content (AvgIpc) is 3.07. The molecule has 0 spiro atoms. The van der Waals surface area contributed by atoms with Gasteiger partial charge in [0.1, 0.15) is 0 Å². The lowest BCUT2D eigenvalue weighted by Crippen LogP contribution is -2.14. The van der Waals surface area contributed by atoms with Gasteiger partial charge in [-0.15, -0.1) is 5.10 Å². The molecule has 7 nitrogen and oxygen atoms in total. The summed E-state index contributed by atoms with van der Waals surface area (Å²) in [6, 6.07) is 0. The van der Waals surface area contributed by atoms with Crippen molar-refractivity contribution in [2.24, 2.45) is 0 Å². The summed E-state index contributed by atoms with van der Waals surface area (Å²) >= 11 is 0. The molecule has 0 saturated heterocycles. The molecule has 0 amide bonds. The van der Waals surface area contributed by atoms with Crippen LogP contribution in [-0.4, -0.2) is 44.3 Å². The third kappa shape index (κ3) is 4.36. The van der Waals surface area contributed by atoms with Gasteiger partial charge in [-0.05, 0) is 13.3 Å². The highest BCUT2D eigenvalue weighted by Crippen LogP contribution is 2.05. The van der Waals surface area contributed by atoms with E-state index in [4.69, 9.17) is 4.74 Å². The van der Waals surface area contributed by atoms with Crippen molar-refractivity contribution in [3.63, 3.8) is 0 Å². The van der Waals surface area contributed by atoms with Gasteiger partial charge in [-0.2, -0.15) is 0 Å². The molecule has 2 aromatic heterocycles. The van der Waals surface area contributed by atoms with Gasteiger partial charge in [0.05, 0.1) is 12.7 Å². The van der Waals surface area contributed by atoms with E-state index in [2.05, 4.69) is 25.2 Å². The van der Waals surface area contributed by atoms with Crippen LogP contribution in [0.15, 0.2) is 24.8 Å². The highest BCUT2D eigenvalue weighted by atomic mass is 16.5. The van der Waals surface area contributed by atoms with Gasteiger partial charge in [-0.3, -0.25) is 4.68 Å². The van der Waals surface area contributed by atoms with Crippen molar-refractivity contribution in [3.8, 4) is 0 Å². The predicted molar refractivity (Wildman–Crippen MR) is 71.8 cm³/mol. The van der Waals surface area contributed by atoms with E-state index in [-0.39, 0.29) is 0 Å². The molecular weight excluding hydrogens is 244 g/mol. The minimum absolute atomic E-state index is 0.770. The predicted octanol–water partition coefficient (Wildman–Crippen LogP) is 1.01. The molecule has 0 saturated carbocycles. The smallest absolute Gasteiger partial charge is 0.202 e. The van der Waals surface area contributed by atoms with E-state index >= 15 is 0 Å². The van der Waals surface area contributed by atoms with E-state index in [1.165, 1.54) is 0 Å². The molecule has 0 atom stereocenters. The molecule has 2 rings (SSSR count). The van der Waals surface area contributed by atoms with Gasteiger partial charge in [0, 0.05) is 44.9 Å². The Morgan fingerprint density at radius 1 is 1.26 bits per heavy atom. The fourth-order valence-corrected chi connectivity index (χ4v) is 1.77. The Morgan fingerprint density at radius 3 is 3.00 bits per heavy atom. The largest absolute Gasteiger partial charge is 0.382 e. The van der Waals surface area contributed by atoms with Gasteiger partial charge in [0.25, 0.3) is 0 Å². The lowest BCUT2D eigenvalue weighted by molar-refractivity contribution is 0.142. The van der Waals surface area contributed by atoms with Gasteiger partial charge in [-0.1, -0.05) is 5.21 Å². The number of ether oxygens (including phenoxy) is 1. The van der Waals surface area contributed by atoms with Gasteiger partial charge in [-0.25, -0.2) is 4.98 Å². The Kier molecular flexibility index (Phi) is 5.36. The number of anilines is 1. The highest BCUT2D eigenvalue weighted by molar-refractivity contribution is 5.25. The van der Waals surface area contributed by atoms with E-state index in [1.807, 2.05) is 19.3 Å². The number of aromatic nitrogens is 5. The van der Waals surface area contributed by atoms with Crippen LogP contribution in [0.5, 0.6) is 0 Å². The number of aryl methyl sites for hydroxylation is 1. The van der Waals surface area contributed by atoms with Crippen molar-refractivity contribution in [3.05, 3.63) is 24.8 Å². The average molecular weight is 264 g/mol. The molecule has 1 N–H and O–H groups in total. The fourth-order valence-electron chi connectivity index (χ4n) is 1.77. The van der Waals surface area contributed by atoms with Gasteiger partial charge in [0.2, 0.25) is 5.95 Å². The SMILES string of the molecule is CCOCCCn1ccnc1NCCn1ccnn1. The quantitative estimate of drug-likeness (QED) is 0.685. The maximum atomic E-state index is 5.33. The molecule has 104 valence electrons. The summed E-state index contributed by atoms with van der Waals surface area (Å²) in [7, 11) is 0. The summed E-state index contributed by atoms with van der Waals surface area (Å²) in [6.45, 7) is 6.01. The molecule has 19 heavy (non-hydrogen) atoms. The number of nitrogens with zero attached hydrogens (tertiary/aromatic N) is 5. The summed E-state index contributed by atoms with van der Waals surface area (Å²) in [5.41, 5.74) is 0. The Bertz CT molecular complexity index is 452. The second-order valence-electron chi connectivity index (χ2n) is 4.09. The number of imidazole rings is 1. The van der Waals surface area contributed by atoms with E-state index in [0.717, 1.165) is 45.2 Å². The summed E-state index contributed by atoms with van der Waals surface area (Å²) < 4.78 is 9.21. The van der Waals surface area contributed by atoms with E-state index in [9.17, 15) is 0 Å². The maximum Gasteiger partial charge on any atom is 0.202 e. The van der Waals surface area contributed by atoms with Crippen LogP contribution in [0.2, 0.25) is 0 Å². The molecule has 7 heteroatoms. The van der Waals surface area contributed by atoms with Gasteiger partial charge < -0.3 is 14.6 Å². The summed E-state index contributed by atoms with van der Waals surface area (Å²) in [6.07, 6.45) is 8.29. The molecule has 0 aliphatic heterocycles. The molecule has 2 heterocycles. The molecular formula is C12H20N6O. The summed E-state index contributed by atoms with van der Waals surface area (Å²) in [4.78, 5) is 4.30. The molecule has 2 aromatic rings. The van der Waals surface area contributed by atoms with Crippen LogP contribution in [0, 0.1) is 0 Å². The second kappa shape index (κ2) is 7.52. The van der Waals surface area contributed by atoms with E-state index < -0.39 is 0 Å². The van der Waals surface area contributed by atoms with Crippen LogP contribution in [0.1, 0.15) is 13.3 Å². The normalized spacial score (nSPS) is 10.8. The van der Waals surface area contributed by atoms with E-state index in [1.54, 1.807) is 17.1 Å². The van der Waals surface area contributed by atoms with Crippen LogP contribution < -0.4 is 5.32 Å². The van der Waals surface area contributed by atoms with Crippen LogP contribution in [-0.2, 0) is 17.8 Å². The van der Waals surface area contributed by atoms with Gasteiger partial charge in [0.15, 0.2) is 0 Å². The van der Waals surface area contributed by atoms with Crippen molar-refractivity contribution >= 4 is 5.95 Å². The number of rotatable bonds is 9. The topological polar surface area (TPSA) is 69.8 Å². The zero-order chi connectivity index (χ0) is 13.3. The first kappa shape index (κ1) is 13.5. The molecule has 0 radical (unpaired) electrons. The van der Waals surface area contributed by atoms with Crippen LogP contribution in [0.4, 0.5) is 5.95 Å². The third-order valence-electron chi connectivity index (χ3n) is 2.70. The monoisotopic (exact) mass is 264 g/mol. The number of hydrogen-bond acceptors (Lipinski definition) is 5. The Balaban J connectivity index is 1.72. The first-order valence-electron chi connectivity index (χ1n) is 6.57. The van der Waals surface area contributed by atoms with Crippen LogP contribution in [0.25, 0.3) is 0 Å². The molecule has 0 aromatic carbocycles.